The number of H-pyrrole nitrogens is 2. The van der Waals surface area contributed by atoms with Gasteiger partial charge in [0.2, 0.25) is 17.7 Å². The first-order valence-corrected chi connectivity index (χ1v) is 20.8. The number of imidazole rings is 2. The second-order valence-electron chi connectivity index (χ2n) is 16.5. The highest BCUT2D eigenvalue weighted by molar-refractivity contribution is 6.02. The summed E-state index contributed by atoms with van der Waals surface area (Å²) in [7, 11) is 2.56. The molecule has 0 unspecified atom stereocenters. The maximum absolute atomic E-state index is 13.7. The number of rotatable bonds is 10. The number of anilines is 2. The van der Waals surface area contributed by atoms with E-state index in [1.807, 2.05) is 52.0 Å². The highest BCUT2D eigenvalue weighted by Crippen LogP contribution is 2.41. The molecule has 2 aromatic heterocycles. The number of likely N-dealkylation sites (tertiary alicyclic amines) is 2. The molecular weight excluding hydrogens is 767 g/mol. The van der Waals surface area contributed by atoms with Crippen molar-refractivity contribution in [3.05, 3.63) is 71.6 Å². The van der Waals surface area contributed by atoms with Crippen LogP contribution < -0.4 is 15.5 Å². The van der Waals surface area contributed by atoms with Gasteiger partial charge in [-0.25, -0.2) is 19.6 Å². The van der Waals surface area contributed by atoms with Crippen molar-refractivity contribution in [3.63, 3.8) is 0 Å². The number of hydrogen-bond acceptors (Lipinski definition) is 9. The van der Waals surface area contributed by atoms with Crippen molar-refractivity contribution < 1.29 is 33.4 Å². The molecule has 3 aliphatic heterocycles. The zero-order chi connectivity index (χ0) is 42.8. The monoisotopic (exact) mass is 821 g/mol. The first-order chi connectivity index (χ1) is 28.8. The number of ether oxygens (including phenoxy) is 2. The van der Waals surface area contributed by atoms with E-state index in [-0.39, 0.29) is 41.6 Å². The van der Waals surface area contributed by atoms with E-state index >= 15 is 0 Å². The molecule has 0 aliphatic carbocycles. The fourth-order valence-electron chi connectivity index (χ4n) is 8.75. The summed E-state index contributed by atoms with van der Waals surface area (Å²) in [4.78, 5) is 86.7. The predicted octanol–water partition coefficient (Wildman–Crippen LogP) is 6.34. The molecule has 2 aromatic carbocycles. The van der Waals surface area contributed by atoms with E-state index < -0.39 is 24.3 Å². The number of aryl methyl sites for hydroxylation is 2. The molecule has 60 heavy (non-hydrogen) atoms. The van der Waals surface area contributed by atoms with Crippen LogP contribution in [0.25, 0.3) is 22.5 Å². The molecule has 2 fully saturated rings. The lowest BCUT2D eigenvalue weighted by molar-refractivity contribution is -0.136. The van der Waals surface area contributed by atoms with Gasteiger partial charge in [0.25, 0.3) is 0 Å². The summed E-state index contributed by atoms with van der Waals surface area (Å²) in [6, 6.07) is 10.2. The van der Waals surface area contributed by atoms with Gasteiger partial charge in [0.1, 0.15) is 23.7 Å². The molecule has 0 saturated carbocycles. The number of nitrogens with one attached hydrogen (secondary N) is 4. The van der Waals surface area contributed by atoms with Crippen molar-refractivity contribution in [1.82, 2.24) is 40.4 Å². The average molecular weight is 822 g/mol. The zero-order valence-corrected chi connectivity index (χ0v) is 35.3. The van der Waals surface area contributed by atoms with Gasteiger partial charge in [0.05, 0.1) is 61.5 Å². The van der Waals surface area contributed by atoms with Crippen LogP contribution in [0.1, 0.15) is 95.2 Å². The highest BCUT2D eigenvalue weighted by Gasteiger charge is 2.39. The third kappa shape index (κ3) is 8.32. The first-order valence-electron chi connectivity index (χ1n) is 20.8. The Morgan fingerprint density at radius 3 is 1.65 bits per heavy atom. The Balaban J connectivity index is 1.11. The number of aromatic nitrogens is 4. The van der Waals surface area contributed by atoms with Crippen LogP contribution in [0.3, 0.4) is 0 Å². The normalized spacial score (nSPS) is 18.4. The van der Waals surface area contributed by atoms with E-state index in [4.69, 9.17) is 19.4 Å². The molecule has 16 heteroatoms. The molecule has 4 atom stereocenters. The summed E-state index contributed by atoms with van der Waals surface area (Å²) >= 11 is 0. The third-order valence-corrected chi connectivity index (χ3v) is 11.9. The smallest absolute Gasteiger partial charge is 0.407 e. The summed E-state index contributed by atoms with van der Waals surface area (Å²) in [5, 5.41) is 5.39. The number of carbonyl (C=O) groups is 5. The number of amides is 5. The van der Waals surface area contributed by atoms with E-state index in [9.17, 15) is 24.0 Å². The van der Waals surface area contributed by atoms with E-state index in [1.165, 1.54) is 14.2 Å². The van der Waals surface area contributed by atoms with Crippen molar-refractivity contribution in [2.24, 2.45) is 11.8 Å². The summed E-state index contributed by atoms with van der Waals surface area (Å²) in [6.45, 7) is 10.2. The Kier molecular flexibility index (Phi) is 12.3. The molecule has 0 radical (unpaired) electrons. The molecule has 0 spiro atoms. The van der Waals surface area contributed by atoms with Gasteiger partial charge in [-0.3, -0.25) is 19.3 Å². The summed E-state index contributed by atoms with van der Waals surface area (Å²) in [5.41, 5.74) is 6.98. The number of hydrogen-bond donors (Lipinski definition) is 4. The maximum Gasteiger partial charge on any atom is 0.407 e. The van der Waals surface area contributed by atoms with Crippen molar-refractivity contribution >= 4 is 41.3 Å². The van der Waals surface area contributed by atoms with Crippen molar-refractivity contribution in [1.29, 1.82) is 0 Å². The quantitative estimate of drug-likeness (QED) is 0.141. The molecule has 7 rings (SSSR count). The van der Waals surface area contributed by atoms with Crippen molar-refractivity contribution in [3.8, 4) is 22.5 Å². The zero-order valence-electron chi connectivity index (χ0n) is 35.3. The third-order valence-electron chi connectivity index (χ3n) is 11.9. The van der Waals surface area contributed by atoms with Crippen LogP contribution in [-0.4, -0.2) is 99.0 Å². The van der Waals surface area contributed by atoms with Crippen LogP contribution in [0.15, 0.2) is 48.8 Å². The van der Waals surface area contributed by atoms with Crippen LogP contribution in [0, 0.1) is 11.8 Å². The second-order valence-corrected chi connectivity index (χ2v) is 16.5. The Labute approximate surface area is 349 Å². The standard InChI is InChI=1S/C44H55N9O7/c1-24(2)37(49-43(57)59-6)41(55)51-18-8-10-34(51)39-45-22-31(47-39)28-16-17-33-30(20-28)15-13-27-12-14-29(21-36(27)53(33)26(5)54)32-23-46-40(48-32)35-11-9-19-52(35)42(56)38(25(3)4)50-44(58)60-7/h12,14,16-17,20-25,34-35,37-38H,8-11,13,15,18-19H2,1-7H3,(H,45,47)(H,46,48)(H,49,57)(H,50,58)/t34-,35-,37-,38-/m0/s1. The largest absolute Gasteiger partial charge is 0.453 e. The minimum Gasteiger partial charge on any atom is -0.453 e. The summed E-state index contributed by atoms with van der Waals surface area (Å²) in [6.07, 6.45) is 6.77. The Morgan fingerprint density at radius 2 is 1.17 bits per heavy atom. The Morgan fingerprint density at radius 1 is 0.683 bits per heavy atom. The minimum absolute atomic E-state index is 0.119. The molecule has 4 N–H and O–H groups in total. The van der Waals surface area contributed by atoms with Crippen molar-refractivity contribution in [2.75, 3.05) is 32.2 Å². The average Bonchev–Trinajstić information content (AvgIpc) is 4.07. The number of benzene rings is 2. The maximum atomic E-state index is 13.7. The molecule has 3 aliphatic rings. The van der Waals surface area contributed by atoms with E-state index in [1.54, 1.807) is 34.0 Å². The number of aromatic amines is 2. The number of fused-ring (bicyclic) bond motifs is 2. The van der Waals surface area contributed by atoms with E-state index in [0.717, 1.165) is 70.7 Å². The second kappa shape index (κ2) is 17.6. The van der Waals surface area contributed by atoms with Crippen molar-refractivity contribution in [2.45, 2.75) is 97.3 Å². The molecule has 5 amide bonds. The Hall–Kier alpha value is -6.19. The number of nitrogens with zero attached hydrogens (tertiary/aromatic N) is 5. The number of alkyl carbamates (subject to hydrolysis) is 2. The Bertz CT molecular complexity index is 2260. The van der Waals surface area contributed by atoms with Crippen LogP contribution in [0.2, 0.25) is 0 Å². The van der Waals surface area contributed by atoms with Gasteiger partial charge in [0.15, 0.2) is 0 Å². The topological polar surface area (TPSA) is 195 Å². The number of methoxy groups -OCH3 is 2. The van der Waals surface area contributed by atoms with Gasteiger partial charge < -0.3 is 39.9 Å². The first kappa shape index (κ1) is 42.0. The summed E-state index contributed by atoms with van der Waals surface area (Å²) < 4.78 is 9.56. The lowest BCUT2D eigenvalue weighted by atomic mass is 10.0. The van der Waals surface area contributed by atoms with Gasteiger partial charge in [-0.05, 0) is 85.3 Å². The SMILES string of the molecule is COC(=O)N[C@H](C(=O)N1CCC[C@H]1c1ncc(-c2ccc3c(c2)CCc2ccc(-c4cnc([C@@H]5CCCN5C(=O)[C@@H](NC(=O)OC)C(C)C)[nH]4)cc2N3C(C)=O)[nH]1)C(C)C. The lowest BCUT2D eigenvalue weighted by Crippen LogP contribution is -2.51. The fraction of sp³-hybridized carbons (Fsp3) is 0.477. The van der Waals surface area contributed by atoms with E-state index in [0.29, 0.717) is 37.6 Å². The van der Waals surface area contributed by atoms with Crippen LogP contribution in [0.4, 0.5) is 21.0 Å². The molecule has 2 saturated heterocycles. The minimum atomic E-state index is -0.729. The molecule has 0 bridgehead atoms. The van der Waals surface area contributed by atoms with Crippen LogP contribution in [0.5, 0.6) is 0 Å². The van der Waals surface area contributed by atoms with Gasteiger partial charge in [0, 0.05) is 25.6 Å². The fourth-order valence-corrected chi connectivity index (χ4v) is 8.75. The van der Waals surface area contributed by atoms with Crippen LogP contribution >= 0.6 is 0 Å². The molecule has 318 valence electrons. The molecule has 4 aromatic rings. The van der Waals surface area contributed by atoms with E-state index in [2.05, 4.69) is 32.7 Å². The van der Waals surface area contributed by atoms with Gasteiger partial charge >= 0.3 is 12.2 Å². The predicted molar refractivity (Wildman–Crippen MR) is 224 cm³/mol. The summed E-state index contributed by atoms with van der Waals surface area (Å²) in [5.74, 6) is 0.610. The van der Waals surface area contributed by atoms with Gasteiger partial charge in [-0.2, -0.15) is 0 Å². The van der Waals surface area contributed by atoms with Gasteiger partial charge in [-0.1, -0.05) is 45.9 Å². The molecule has 5 heterocycles. The number of carbonyl (C=O) groups excluding carboxylic acids is 5. The lowest BCUT2D eigenvalue weighted by Gasteiger charge is -2.30. The molecule has 16 nitrogen and oxygen atoms in total. The molecular formula is C44H55N9O7. The highest BCUT2D eigenvalue weighted by atomic mass is 16.5. The van der Waals surface area contributed by atoms with Gasteiger partial charge in [-0.15, -0.1) is 0 Å². The van der Waals surface area contributed by atoms with Crippen LogP contribution in [-0.2, 0) is 36.7 Å².